The molecule has 0 unspecified atom stereocenters. The summed E-state index contributed by atoms with van der Waals surface area (Å²) >= 11 is 5.99. The number of carbonyl (C=O) groups is 1. The van der Waals surface area contributed by atoms with Gasteiger partial charge in [0.1, 0.15) is 17.8 Å². The van der Waals surface area contributed by atoms with Crippen LogP contribution in [-0.4, -0.2) is 15.9 Å². The molecule has 0 aliphatic rings. The average molecular weight is 353 g/mol. The SMILES string of the molecule is Cc1ccc(Cl)cc1NC(=O)c1cc(Nc2ccccc2C)ncn1. The third-order valence-corrected chi connectivity index (χ3v) is 3.99. The molecule has 0 bridgehead atoms. The van der Waals surface area contributed by atoms with Crippen LogP contribution in [0.4, 0.5) is 17.2 Å². The molecule has 0 spiro atoms. The van der Waals surface area contributed by atoms with Crippen molar-refractivity contribution in [2.24, 2.45) is 0 Å². The van der Waals surface area contributed by atoms with Gasteiger partial charge >= 0.3 is 0 Å². The number of aromatic nitrogens is 2. The molecule has 6 heteroatoms. The fourth-order valence-electron chi connectivity index (χ4n) is 2.32. The second-order valence-electron chi connectivity index (χ2n) is 5.64. The van der Waals surface area contributed by atoms with E-state index in [2.05, 4.69) is 20.6 Å². The van der Waals surface area contributed by atoms with Crippen molar-refractivity contribution in [2.75, 3.05) is 10.6 Å². The molecule has 3 rings (SSSR count). The number of amides is 1. The Hall–Kier alpha value is -2.92. The minimum Gasteiger partial charge on any atom is -0.340 e. The van der Waals surface area contributed by atoms with Crippen molar-refractivity contribution >= 4 is 34.7 Å². The van der Waals surface area contributed by atoms with Gasteiger partial charge in [-0.15, -0.1) is 0 Å². The van der Waals surface area contributed by atoms with E-state index in [0.717, 1.165) is 16.8 Å². The minimum absolute atomic E-state index is 0.269. The molecular weight excluding hydrogens is 336 g/mol. The van der Waals surface area contributed by atoms with Crippen LogP contribution in [0, 0.1) is 13.8 Å². The van der Waals surface area contributed by atoms with Gasteiger partial charge in [-0.3, -0.25) is 4.79 Å². The maximum absolute atomic E-state index is 12.5. The molecule has 1 amide bonds. The number of hydrogen-bond acceptors (Lipinski definition) is 4. The Balaban J connectivity index is 1.80. The van der Waals surface area contributed by atoms with Gasteiger partial charge in [0, 0.05) is 22.5 Å². The Labute approximate surface area is 151 Å². The summed E-state index contributed by atoms with van der Waals surface area (Å²) in [6.07, 6.45) is 1.36. The Bertz CT molecular complexity index is 927. The lowest BCUT2D eigenvalue weighted by molar-refractivity contribution is 0.102. The first-order valence-corrected chi connectivity index (χ1v) is 8.13. The van der Waals surface area contributed by atoms with Crippen LogP contribution in [0.25, 0.3) is 0 Å². The summed E-state index contributed by atoms with van der Waals surface area (Å²) in [5.41, 5.74) is 3.86. The largest absolute Gasteiger partial charge is 0.340 e. The second-order valence-corrected chi connectivity index (χ2v) is 6.08. The highest BCUT2D eigenvalue weighted by atomic mass is 35.5. The molecule has 2 N–H and O–H groups in total. The average Bonchev–Trinajstić information content (AvgIpc) is 2.60. The van der Waals surface area contributed by atoms with Crippen molar-refractivity contribution < 1.29 is 4.79 Å². The molecule has 1 aromatic heterocycles. The first kappa shape index (κ1) is 16.9. The number of aryl methyl sites for hydroxylation is 2. The summed E-state index contributed by atoms with van der Waals surface area (Å²) in [6.45, 7) is 3.90. The molecule has 5 nitrogen and oxygen atoms in total. The number of benzene rings is 2. The van der Waals surface area contributed by atoms with Gasteiger partial charge in [0.2, 0.25) is 0 Å². The first-order chi connectivity index (χ1) is 12.0. The maximum Gasteiger partial charge on any atom is 0.274 e. The summed E-state index contributed by atoms with van der Waals surface area (Å²) in [5, 5.41) is 6.59. The Kier molecular flexibility index (Phi) is 4.95. The summed E-state index contributed by atoms with van der Waals surface area (Å²) in [7, 11) is 0. The molecular formula is C19H17ClN4O. The van der Waals surface area contributed by atoms with Crippen LogP contribution in [0.1, 0.15) is 21.6 Å². The number of carbonyl (C=O) groups excluding carboxylic acids is 1. The molecule has 0 saturated carbocycles. The number of rotatable bonds is 4. The predicted molar refractivity (Wildman–Crippen MR) is 101 cm³/mol. The van der Waals surface area contributed by atoms with Crippen LogP contribution in [0.15, 0.2) is 54.9 Å². The van der Waals surface area contributed by atoms with Gasteiger partial charge in [-0.2, -0.15) is 0 Å². The van der Waals surface area contributed by atoms with Crippen molar-refractivity contribution in [2.45, 2.75) is 13.8 Å². The zero-order valence-corrected chi connectivity index (χ0v) is 14.6. The topological polar surface area (TPSA) is 66.9 Å². The molecule has 0 fully saturated rings. The Morgan fingerprint density at radius 3 is 2.52 bits per heavy atom. The lowest BCUT2D eigenvalue weighted by Crippen LogP contribution is -2.15. The van der Waals surface area contributed by atoms with Gasteiger partial charge in [-0.05, 0) is 43.2 Å². The number of nitrogens with zero attached hydrogens (tertiary/aromatic N) is 2. The maximum atomic E-state index is 12.5. The zero-order valence-electron chi connectivity index (χ0n) is 13.9. The predicted octanol–water partition coefficient (Wildman–Crippen LogP) is 4.74. The van der Waals surface area contributed by atoms with Crippen LogP contribution in [0.5, 0.6) is 0 Å². The number of halogens is 1. The molecule has 1 heterocycles. The molecule has 0 atom stereocenters. The normalized spacial score (nSPS) is 10.4. The van der Waals surface area contributed by atoms with Crippen molar-refractivity contribution in [3.05, 3.63) is 76.7 Å². The minimum atomic E-state index is -0.319. The van der Waals surface area contributed by atoms with Crippen LogP contribution in [-0.2, 0) is 0 Å². The van der Waals surface area contributed by atoms with Gasteiger partial charge in [0.15, 0.2) is 0 Å². The third kappa shape index (κ3) is 4.14. The van der Waals surface area contributed by atoms with E-state index in [-0.39, 0.29) is 11.6 Å². The van der Waals surface area contributed by atoms with Crippen LogP contribution < -0.4 is 10.6 Å². The van der Waals surface area contributed by atoms with E-state index in [1.54, 1.807) is 18.2 Å². The fourth-order valence-corrected chi connectivity index (χ4v) is 2.49. The van der Waals surface area contributed by atoms with E-state index < -0.39 is 0 Å². The highest BCUT2D eigenvalue weighted by molar-refractivity contribution is 6.31. The van der Waals surface area contributed by atoms with Gasteiger partial charge in [0.25, 0.3) is 5.91 Å². The number of para-hydroxylation sites is 1. The first-order valence-electron chi connectivity index (χ1n) is 7.75. The van der Waals surface area contributed by atoms with Crippen molar-refractivity contribution in [1.29, 1.82) is 0 Å². The van der Waals surface area contributed by atoms with E-state index in [4.69, 9.17) is 11.6 Å². The number of nitrogens with one attached hydrogen (secondary N) is 2. The summed E-state index contributed by atoms with van der Waals surface area (Å²) in [5.74, 6) is 0.234. The monoisotopic (exact) mass is 352 g/mol. The quantitative estimate of drug-likeness (QED) is 0.711. The van der Waals surface area contributed by atoms with Crippen LogP contribution in [0.3, 0.4) is 0 Å². The molecule has 2 aromatic carbocycles. The smallest absolute Gasteiger partial charge is 0.274 e. The molecule has 0 radical (unpaired) electrons. The van der Waals surface area contributed by atoms with E-state index in [0.29, 0.717) is 16.5 Å². The molecule has 126 valence electrons. The Morgan fingerprint density at radius 2 is 1.72 bits per heavy atom. The number of anilines is 3. The standard InChI is InChI=1S/C19H17ClN4O/c1-12-5-3-4-6-15(12)23-18-10-17(21-11-22-18)19(25)24-16-9-14(20)8-7-13(16)2/h3-11H,1-2H3,(H,24,25)(H,21,22,23). The summed E-state index contributed by atoms with van der Waals surface area (Å²) < 4.78 is 0. The van der Waals surface area contributed by atoms with Gasteiger partial charge in [-0.25, -0.2) is 9.97 Å². The van der Waals surface area contributed by atoms with Crippen molar-refractivity contribution in [3.63, 3.8) is 0 Å². The lowest BCUT2D eigenvalue weighted by atomic mass is 10.2. The highest BCUT2D eigenvalue weighted by Crippen LogP contribution is 2.22. The van der Waals surface area contributed by atoms with Gasteiger partial charge < -0.3 is 10.6 Å². The Morgan fingerprint density at radius 1 is 0.960 bits per heavy atom. The van der Waals surface area contributed by atoms with Crippen molar-refractivity contribution in [3.8, 4) is 0 Å². The van der Waals surface area contributed by atoms with Gasteiger partial charge in [-0.1, -0.05) is 35.9 Å². The summed E-state index contributed by atoms with van der Waals surface area (Å²) in [4.78, 5) is 20.7. The zero-order chi connectivity index (χ0) is 17.8. The lowest BCUT2D eigenvalue weighted by Gasteiger charge is -2.10. The molecule has 3 aromatic rings. The van der Waals surface area contributed by atoms with E-state index in [9.17, 15) is 4.79 Å². The second kappa shape index (κ2) is 7.32. The van der Waals surface area contributed by atoms with Gasteiger partial charge in [0.05, 0.1) is 0 Å². The van der Waals surface area contributed by atoms with E-state index in [1.807, 2.05) is 44.2 Å². The van der Waals surface area contributed by atoms with Crippen LogP contribution >= 0.6 is 11.6 Å². The number of hydrogen-bond donors (Lipinski definition) is 2. The molecule has 0 aliphatic carbocycles. The summed E-state index contributed by atoms with van der Waals surface area (Å²) in [6, 6.07) is 14.8. The fraction of sp³-hybridized carbons (Fsp3) is 0.105. The third-order valence-electron chi connectivity index (χ3n) is 3.76. The molecule has 25 heavy (non-hydrogen) atoms. The highest BCUT2D eigenvalue weighted by Gasteiger charge is 2.11. The molecule has 0 aliphatic heterocycles. The van der Waals surface area contributed by atoms with E-state index >= 15 is 0 Å². The van der Waals surface area contributed by atoms with Crippen molar-refractivity contribution in [1.82, 2.24) is 9.97 Å². The molecule has 0 saturated heterocycles. The van der Waals surface area contributed by atoms with Crippen LogP contribution in [0.2, 0.25) is 5.02 Å². The van der Waals surface area contributed by atoms with E-state index in [1.165, 1.54) is 6.33 Å².